The van der Waals surface area contributed by atoms with Crippen molar-refractivity contribution in [3.05, 3.63) is 82.8 Å². The average Bonchev–Trinajstić information content (AvgIpc) is 2.76. The molecular weight excluding hydrogens is 374 g/mol. The standard InChI is InChI=1S/C25H29N3O2/c1-2-3-4-5-6-7-10-16-26-19-12-11-13-20(17-19)28-25(30)22-18-27-23-15-9-8-14-21(23)24(22)29/h8-18,26H,2-7H2,1H3,(H,27,29)(H,28,30)/b16-10-. The highest BCUT2D eigenvalue weighted by molar-refractivity contribution is 6.05. The second-order valence-electron chi connectivity index (χ2n) is 7.36. The summed E-state index contributed by atoms with van der Waals surface area (Å²) in [4.78, 5) is 28.3. The number of pyridine rings is 1. The average molecular weight is 404 g/mol. The highest BCUT2D eigenvalue weighted by Crippen LogP contribution is 2.16. The van der Waals surface area contributed by atoms with Crippen molar-refractivity contribution in [2.75, 3.05) is 10.6 Å². The molecule has 0 unspecified atom stereocenters. The summed E-state index contributed by atoms with van der Waals surface area (Å²) in [5.41, 5.74) is 2.03. The van der Waals surface area contributed by atoms with Gasteiger partial charge in [-0.05, 0) is 49.4 Å². The lowest BCUT2D eigenvalue weighted by Crippen LogP contribution is -2.21. The van der Waals surface area contributed by atoms with Crippen LogP contribution in [0.5, 0.6) is 0 Å². The van der Waals surface area contributed by atoms with Crippen molar-refractivity contribution in [2.24, 2.45) is 0 Å². The van der Waals surface area contributed by atoms with Gasteiger partial charge in [0.25, 0.3) is 5.91 Å². The highest BCUT2D eigenvalue weighted by atomic mass is 16.2. The second-order valence-corrected chi connectivity index (χ2v) is 7.36. The lowest BCUT2D eigenvalue weighted by Gasteiger charge is -2.08. The van der Waals surface area contributed by atoms with Crippen LogP contribution in [0.15, 0.2) is 71.8 Å². The van der Waals surface area contributed by atoms with Gasteiger partial charge in [-0.3, -0.25) is 9.59 Å². The number of carbonyl (C=O) groups is 1. The van der Waals surface area contributed by atoms with E-state index in [1.807, 2.05) is 36.5 Å². The number of para-hydroxylation sites is 1. The van der Waals surface area contributed by atoms with Crippen LogP contribution < -0.4 is 16.1 Å². The molecule has 156 valence electrons. The zero-order valence-electron chi connectivity index (χ0n) is 17.4. The molecule has 0 aliphatic heterocycles. The number of nitrogens with one attached hydrogen (secondary N) is 3. The van der Waals surface area contributed by atoms with Crippen molar-refractivity contribution >= 4 is 28.2 Å². The Balaban J connectivity index is 1.58. The number of rotatable bonds is 10. The van der Waals surface area contributed by atoms with Crippen molar-refractivity contribution in [1.82, 2.24) is 4.98 Å². The first-order valence-corrected chi connectivity index (χ1v) is 10.6. The normalized spacial score (nSPS) is 11.1. The molecule has 0 spiro atoms. The van der Waals surface area contributed by atoms with Gasteiger partial charge in [-0.25, -0.2) is 0 Å². The molecule has 30 heavy (non-hydrogen) atoms. The van der Waals surface area contributed by atoms with E-state index in [1.165, 1.54) is 38.3 Å². The Hall–Kier alpha value is -3.34. The summed E-state index contributed by atoms with van der Waals surface area (Å²) in [6, 6.07) is 14.6. The summed E-state index contributed by atoms with van der Waals surface area (Å²) in [6.45, 7) is 2.22. The molecule has 0 saturated carbocycles. The summed E-state index contributed by atoms with van der Waals surface area (Å²) < 4.78 is 0. The lowest BCUT2D eigenvalue weighted by molar-refractivity contribution is 0.102. The fourth-order valence-corrected chi connectivity index (χ4v) is 3.33. The van der Waals surface area contributed by atoms with E-state index in [9.17, 15) is 9.59 Å². The lowest BCUT2D eigenvalue weighted by atomic mass is 10.1. The number of hydrogen-bond donors (Lipinski definition) is 3. The molecule has 0 atom stereocenters. The van der Waals surface area contributed by atoms with Crippen LogP contribution in [-0.2, 0) is 0 Å². The molecule has 0 aliphatic carbocycles. The Kier molecular flexibility index (Phi) is 7.84. The molecule has 3 N–H and O–H groups in total. The Labute approximate surface area is 177 Å². The van der Waals surface area contributed by atoms with Gasteiger partial charge in [0.05, 0.1) is 0 Å². The molecule has 5 nitrogen and oxygen atoms in total. The maximum atomic E-state index is 12.6. The van der Waals surface area contributed by atoms with Gasteiger partial charge in [0.2, 0.25) is 5.43 Å². The minimum Gasteiger partial charge on any atom is -0.362 e. The number of benzene rings is 2. The summed E-state index contributed by atoms with van der Waals surface area (Å²) in [5, 5.41) is 6.55. The monoisotopic (exact) mass is 403 g/mol. The fourth-order valence-electron chi connectivity index (χ4n) is 3.33. The first-order chi connectivity index (χ1) is 14.7. The summed E-state index contributed by atoms with van der Waals surface area (Å²) in [6.07, 6.45) is 12.9. The molecule has 0 bridgehead atoms. The molecule has 2 aromatic carbocycles. The summed E-state index contributed by atoms with van der Waals surface area (Å²) in [7, 11) is 0. The van der Waals surface area contributed by atoms with E-state index in [4.69, 9.17) is 0 Å². The first-order valence-electron chi connectivity index (χ1n) is 10.6. The van der Waals surface area contributed by atoms with Crippen molar-refractivity contribution in [3.63, 3.8) is 0 Å². The van der Waals surface area contributed by atoms with E-state index >= 15 is 0 Å². The molecule has 1 heterocycles. The third-order valence-electron chi connectivity index (χ3n) is 5.00. The van der Waals surface area contributed by atoms with E-state index in [2.05, 4.69) is 28.6 Å². The molecule has 0 fully saturated rings. The molecule has 3 rings (SSSR count). The number of amides is 1. The van der Waals surface area contributed by atoms with Gasteiger partial charge >= 0.3 is 0 Å². The van der Waals surface area contributed by atoms with Gasteiger partial charge in [0, 0.05) is 28.5 Å². The Morgan fingerprint density at radius 2 is 1.80 bits per heavy atom. The maximum absolute atomic E-state index is 12.6. The molecule has 1 amide bonds. The molecule has 1 aromatic heterocycles. The molecule has 0 saturated heterocycles. The number of unbranched alkanes of at least 4 members (excludes halogenated alkanes) is 5. The van der Waals surface area contributed by atoms with Gasteiger partial charge in [-0.1, -0.05) is 56.9 Å². The van der Waals surface area contributed by atoms with Crippen LogP contribution in [0.3, 0.4) is 0 Å². The van der Waals surface area contributed by atoms with Crippen molar-refractivity contribution in [3.8, 4) is 0 Å². The summed E-state index contributed by atoms with van der Waals surface area (Å²) >= 11 is 0. The number of anilines is 2. The Morgan fingerprint density at radius 1 is 1.00 bits per heavy atom. The predicted molar refractivity (Wildman–Crippen MR) is 125 cm³/mol. The molecule has 0 aliphatic rings. The minimum absolute atomic E-state index is 0.0926. The number of fused-ring (bicyclic) bond motifs is 1. The number of allylic oxidation sites excluding steroid dienone is 1. The van der Waals surface area contributed by atoms with Crippen LogP contribution in [0.4, 0.5) is 11.4 Å². The van der Waals surface area contributed by atoms with E-state index < -0.39 is 5.91 Å². The van der Waals surface area contributed by atoms with Crippen molar-refractivity contribution in [2.45, 2.75) is 45.4 Å². The molecule has 0 radical (unpaired) electrons. The van der Waals surface area contributed by atoms with Crippen LogP contribution in [0, 0.1) is 0 Å². The first kappa shape index (κ1) is 21.4. The van der Waals surface area contributed by atoms with Crippen molar-refractivity contribution < 1.29 is 4.79 Å². The predicted octanol–water partition coefficient (Wildman–Crippen LogP) is 6.07. The van der Waals surface area contributed by atoms with Gasteiger partial charge in [-0.15, -0.1) is 0 Å². The summed E-state index contributed by atoms with van der Waals surface area (Å²) in [5.74, 6) is -0.429. The number of aromatic amines is 1. The quantitative estimate of drug-likeness (QED) is 0.360. The zero-order chi connectivity index (χ0) is 21.2. The van der Waals surface area contributed by atoms with E-state index in [0.717, 1.165) is 12.1 Å². The number of carbonyl (C=O) groups excluding carboxylic acids is 1. The number of aromatic nitrogens is 1. The van der Waals surface area contributed by atoms with Gasteiger partial charge in [0.1, 0.15) is 5.56 Å². The second kappa shape index (κ2) is 11.0. The van der Waals surface area contributed by atoms with Crippen LogP contribution in [0.1, 0.15) is 55.8 Å². The van der Waals surface area contributed by atoms with E-state index in [-0.39, 0.29) is 11.0 Å². The zero-order valence-corrected chi connectivity index (χ0v) is 17.4. The molecule has 3 aromatic rings. The van der Waals surface area contributed by atoms with Gasteiger partial charge in [-0.2, -0.15) is 0 Å². The maximum Gasteiger partial charge on any atom is 0.261 e. The third kappa shape index (κ3) is 5.83. The van der Waals surface area contributed by atoms with Gasteiger partial charge in [0.15, 0.2) is 0 Å². The highest BCUT2D eigenvalue weighted by Gasteiger charge is 2.13. The minimum atomic E-state index is -0.429. The van der Waals surface area contributed by atoms with Crippen LogP contribution in [0.2, 0.25) is 0 Å². The van der Waals surface area contributed by atoms with E-state index in [0.29, 0.717) is 16.6 Å². The van der Waals surface area contributed by atoms with E-state index in [1.54, 1.807) is 18.2 Å². The molecule has 5 heteroatoms. The Morgan fingerprint density at radius 3 is 2.67 bits per heavy atom. The largest absolute Gasteiger partial charge is 0.362 e. The molecular formula is C25H29N3O2. The van der Waals surface area contributed by atoms with Gasteiger partial charge < -0.3 is 15.6 Å². The number of H-pyrrole nitrogens is 1. The third-order valence-corrected chi connectivity index (χ3v) is 5.00. The SMILES string of the molecule is CCCCCCC/C=C\Nc1cccc(NC(=O)c2c[nH]c3ccccc3c2=O)c1. The smallest absolute Gasteiger partial charge is 0.261 e. The van der Waals surface area contributed by atoms with Crippen molar-refractivity contribution in [1.29, 1.82) is 0 Å². The Bertz CT molecular complexity index is 1070. The van der Waals surface area contributed by atoms with Crippen LogP contribution in [-0.4, -0.2) is 10.9 Å². The fraction of sp³-hybridized carbons (Fsp3) is 0.280. The topological polar surface area (TPSA) is 74.0 Å². The van der Waals surface area contributed by atoms with Crippen LogP contribution >= 0.6 is 0 Å². The van der Waals surface area contributed by atoms with Crippen LogP contribution in [0.25, 0.3) is 10.9 Å². The number of hydrogen-bond acceptors (Lipinski definition) is 3.